The highest BCUT2D eigenvalue weighted by molar-refractivity contribution is 6.33. The standard InChI is InChI=1S/C25H22ClN5O3/c1-33-23-13-17(14-28-31-15-21(30-25(31)27)18-7-3-2-4-8-18)11-12-22(23)34-16-24(32)29-20-10-6-5-9-19(20)26/h2-15H,16H2,1H3,(H2,27,30)(H,29,32)/b28-14+. The molecule has 0 radical (unpaired) electrons. The van der Waals surface area contributed by atoms with Gasteiger partial charge in [0.25, 0.3) is 5.91 Å². The van der Waals surface area contributed by atoms with E-state index in [1.54, 1.807) is 54.9 Å². The summed E-state index contributed by atoms with van der Waals surface area (Å²) in [5.41, 5.74) is 8.95. The number of halogens is 1. The van der Waals surface area contributed by atoms with Gasteiger partial charge in [-0.2, -0.15) is 5.10 Å². The smallest absolute Gasteiger partial charge is 0.262 e. The molecule has 1 aromatic heterocycles. The number of nitrogen functional groups attached to an aromatic ring is 1. The summed E-state index contributed by atoms with van der Waals surface area (Å²) in [6, 6.07) is 21.9. The summed E-state index contributed by atoms with van der Waals surface area (Å²) >= 11 is 6.07. The van der Waals surface area contributed by atoms with Gasteiger partial charge in [0.2, 0.25) is 5.95 Å². The molecule has 9 heteroatoms. The molecular weight excluding hydrogens is 454 g/mol. The van der Waals surface area contributed by atoms with Crippen LogP contribution in [-0.2, 0) is 4.79 Å². The Morgan fingerprint density at radius 3 is 2.65 bits per heavy atom. The molecule has 3 aromatic carbocycles. The predicted octanol–water partition coefficient (Wildman–Crippen LogP) is 4.69. The van der Waals surface area contributed by atoms with Crippen LogP contribution in [0, 0.1) is 0 Å². The maximum absolute atomic E-state index is 12.2. The third-order valence-electron chi connectivity index (χ3n) is 4.81. The van der Waals surface area contributed by atoms with Gasteiger partial charge in [-0.25, -0.2) is 9.66 Å². The van der Waals surface area contributed by atoms with Crippen molar-refractivity contribution in [2.24, 2.45) is 5.10 Å². The van der Waals surface area contributed by atoms with E-state index in [0.717, 1.165) is 16.8 Å². The lowest BCUT2D eigenvalue weighted by Crippen LogP contribution is -2.20. The molecule has 1 heterocycles. The monoisotopic (exact) mass is 475 g/mol. The highest BCUT2D eigenvalue weighted by atomic mass is 35.5. The van der Waals surface area contributed by atoms with Gasteiger partial charge in [0.1, 0.15) is 0 Å². The zero-order valence-electron chi connectivity index (χ0n) is 18.3. The maximum atomic E-state index is 12.2. The summed E-state index contributed by atoms with van der Waals surface area (Å²) in [6.45, 7) is -0.206. The van der Waals surface area contributed by atoms with Crippen molar-refractivity contribution in [3.05, 3.63) is 89.6 Å². The zero-order valence-corrected chi connectivity index (χ0v) is 19.1. The SMILES string of the molecule is COc1cc(/C=N/n2cc(-c3ccccc3)nc2N)ccc1OCC(=O)Nc1ccccc1Cl. The zero-order chi connectivity index (χ0) is 23.9. The molecule has 0 aliphatic carbocycles. The average Bonchev–Trinajstić information content (AvgIpc) is 3.24. The molecule has 4 aromatic rings. The van der Waals surface area contributed by atoms with Gasteiger partial charge < -0.3 is 20.5 Å². The molecule has 0 aliphatic rings. The van der Waals surface area contributed by atoms with Crippen molar-refractivity contribution in [3.8, 4) is 22.8 Å². The summed E-state index contributed by atoms with van der Waals surface area (Å²) in [6.07, 6.45) is 3.39. The number of imidazole rings is 1. The van der Waals surface area contributed by atoms with Crippen molar-refractivity contribution in [2.45, 2.75) is 0 Å². The molecule has 0 saturated carbocycles. The molecule has 0 saturated heterocycles. The fourth-order valence-corrected chi connectivity index (χ4v) is 3.31. The van der Waals surface area contributed by atoms with E-state index < -0.39 is 0 Å². The molecule has 0 atom stereocenters. The number of hydrogen-bond acceptors (Lipinski definition) is 6. The number of nitrogens with one attached hydrogen (secondary N) is 1. The molecule has 0 aliphatic heterocycles. The van der Waals surface area contributed by atoms with Crippen LogP contribution in [0.2, 0.25) is 5.02 Å². The van der Waals surface area contributed by atoms with E-state index in [0.29, 0.717) is 22.2 Å². The second-order valence-electron chi connectivity index (χ2n) is 7.17. The van der Waals surface area contributed by atoms with E-state index in [1.807, 2.05) is 30.3 Å². The molecule has 1 amide bonds. The fourth-order valence-electron chi connectivity index (χ4n) is 3.13. The Morgan fingerprint density at radius 1 is 1.12 bits per heavy atom. The minimum Gasteiger partial charge on any atom is -0.493 e. The number of methoxy groups -OCH3 is 1. The lowest BCUT2D eigenvalue weighted by Gasteiger charge is -2.12. The van der Waals surface area contributed by atoms with Crippen LogP contribution in [0.3, 0.4) is 0 Å². The number of ether oxygens (including phenoxy) is 2. The predicted molar refractivity (Wildman–Crippen MR) is 134 cm³/mol. The number of aromatic nitrogens is 2. The van der Waals surface area contributed by atoms with Gasteiger partial charge in [-0.1, -0.05) is 54.1 Å². The van der Waals surface area contributed by atoms with Gasteiger partial charge >= 0.3 is 0 Å². The molecule has 4 rings (SSSR count). The van der Waals surface area contributed by atoms with Gasteiger partial charge in [-0.15, -0.1) is 0 Å². The van der Waals surface area contributed by atoms with Crippen LogP contribution in [-0.4, -0.2) is 35.5 Å². The van der Waals surface area contributed by atoms with Crippen molar-refractivity contribution < 1.29 is 14.3 Å². The Bertz CT molecular complexity index is 1320. The second kappa shape index (κ2) is 10.5. The number of anilines is 2. The van der Waals surface area contributed by atoms with E-state index in [4.69, 9.17) is 26.8 Å². The number of rotatable bonds is 8. The van der Waals surface area contributed by atoms with E-state index >= 15 is 0 Å². The summed E-state index contributed by atoms with van der Waals surface area (Å²) in [7, 11) is 1.52. The number of para-hydroxylation sites is 1. The third kappa shape index (κ3) is 5.54. The summed E-state index contributed by atoms with van der Waals surface area (Å²) in [5.74, 6) is 0.803. The number of amides is 1. The van der Waals surface area contributed by atoms with E-state index in [1.165, 1.54) is 11.8 Å². The van der Waals surface area contributed by atoms with Gasteiger partial charge in [0.05, 0.1) is 35.9 Å². The Balaban J connectivity index is 1.42. The number of carbonyl (C=O) groups excluding carboxylic acids is 1. The van der Waals surface area contributed by atoms with Crippen LogP contribution in [0.5, 0.6) is 11.5 Å². The third-order valence-corrected chi connectivity index (χ3v) is 5.14. The van der Waals surface area contributed by atoms with Crippen molar-refractivity contribution in [1.82, 2.24) is 9.66 Å². The summed E-state index contributed by atoms with van der Waals surface area (Å²) < 4.78 is 12.5. The summed E-state index contributed by atoms with van der Waals surface area (Å²) in [4.78, 5) is 16.6. The Hall–Kier alpha value is -4.30. The Labute approximate surface area is 201 Å². The van der Waals surface area contributed by atoms with Crippen LogP contribution in [0.4, 0.5) is 11.6 Å². The van der Waals surface area contributed by atoms with Crippen molar-refractivity contribution in [2.75, 3.05) is 24.8 Å². The number of benzene rings is 3. The van der Waals surface area contributed by atoms with Crippen molar-refractivity contribution in [3.63, 3.8) is 0 Å². The molecule has 172 valence electrons. The van der Waals surface area contributed by atoms with Gasteiger partial charge in [0.15, 0.2) is 18.1 Å². The lowest BCUT2D eigenvalue weighted by atomic mass is 10.2. The highest BCUT2D eigenvalue weighted by Gasteiger charge is 2.10. The summed E-state index contributed by atoms with van der Waals surface area (Å²) in [5, 5.41) is 7.55. The minimum absolute atomic E-state index is 0.206. The van der Waals surface area contributed by atoms with Crippen molar-refractivity contribution >= 4 is 35.4 Å². The average molecular weight is 476 g/mol. The van der Waals surface area contributed by atoms with Crippen molar-refractivity contribution in [1.29, 1.82) is 0 Å². The first-order valence-electron chi connectivity index (χ1n) is 10.3. The largest absolute Gasteiger partial charge is 0.493 e. The molecule has 8 nitrogen and oxygen atoms in total. The first-order chi connectivity index (χ1) is 16.5. The molecule has 3 N–H and O–H groups in total. The van der Waals surface area contributed by atoms with E-state index in [2.05, 4.69) is 15.4 Å². The van der Waals surface area contributed by atoms with Gasteiger partial charge in [-0.3, -0.25) is 4.79 Å². The number of nitrogens with two attached hydrogens (primary N) is 1. The quantitative estimate of drug-likeness (QED) is 0.360. The number of carbonyl (C=O) groups is 1. The minimum atomic E-state index is -0.342. The second-order valence-corrected chi connectivity index (χ2v) is 7.57. The van der Waals surface area contributed by atoms with Gasteiger partial charge in [0, 0.05) is 5.56 Å². The fraction of sp³-hybridized carbons (Fsp3) is 0.0800. The van der Waals surface area contributed by atoms with E-state index in [-0.39, 0.29) is 18.5 Å². The van der Waals surface area contributed by atoms with Crippen LogP contribution >= 0.6 is 11.6 Å². The molecule has 0 fully saturated rings. The first-order valence-corrected chi connectivity index (χ1v) is 10.7. The van der Waals surface area contributed by atoms with Crippen LogP contribution in [0.15, 0.2) is 84.1 Å². The normalized spacial score (nSPS) is 10.9. The molecule has 0 unspecified atom stereocenters. The van der Waals surface area contributed by atoms with Crippen LogP contribution in [0.25, 0.3) is 11.3 Å². The number of nitrogens with zero attached hydrogens (tertiary/aromatic N) is 3. The maximum Gasteiger partial charge on any atom is 0.262 e. The first kappa shape index (κ1) is 22.9. The molecule has 34 heavy (non-hydrogen) atoms. The number of hydrogen-bond donors (Lipinski definition) is 2. The lowest BCUT2D eigenvalue weighted by molar-refractivity contribution is -0.118. The van der Waals surface area contributed by atoms with E-state index in [9.17, 15) is 4.79 Å². The van der Waals surface area contributed by atoms with Crippen LogP contribution in [0.1, 0.15) is 5.56 Å². The Kier molecular flexibility index (Phi) is 7.10. The van der Waals surface area contributed by atoms with Gasteiger partial charge in [-0.05, 0) is 35.9 Å². The Morgan fingerprint density at radius 2 is 1.88 bits per heavy atom. The molecule has 0 bridgehead atoms. The highest BCUT2D eigenvalue weighted by Crippen LogP contribution is 2.28. The van der Waals surface area contributed by atoms with Crippen LogP contribution < -0.4 is 20.5 Å². The topological polar surface area (TPSA) is 104 Å². The molecular formula is C25H22ClN5O3. The molecule has 0 spiro atoms.